The first-order chi connectivity index (χ1) is 8.17. The predicted octanol–water partition coefficient (Wildman–Crippen LogP) is 2.91. The fourth-order valence-electron chi connectivity index (χ4n) is 3.13. The lowest BCUT2D eigenvalue weighted by atomic mass is 9.76. The number of amides is 2. The molecule has 1 spiro atoms. The molecule has 0 bridgehead atoms. The van der Waals surface area contributed by atoms with Crippen molar-refractivity contribution in [2.75, 3.05) is 11.0 Å². The lowest BCUT2D eigenvalue weighted by Crippen LogP contribution is -2.47. The number of unbranched alkanes of at least 4 members (excludes halogenated alkanes) is 1. The van der Waals surface area contributed by atoms with Crippen LogP contribution in [-0.2, 0) is 9.59 Å². The van der Waals surface area contributed by atoms with Crippen molar-refractivity contribution in [1.82, 2.24) is 4.90 Å². The minimum absolute atomic E-state index is 0.0495. The molecule has 17 heavy (non-hydrogen) atoms. The number of carbonyl (C=O) groups excluding carboxylic acids is 2. The Morgan fingerprint density at radius 1 is 1.06 bits per heavy atom. The Balaban J connectivity index is 1.94. The molecule has 0 unspecified atom stereocenters. The number of carbonyl (C=O) groups is 2. The highest BCUT2D eigenvalue weighted by Crippen LogP contribution is 2.46. The van der Waals surface area contributed by atoms with E-state index in [1.807, 2.05) is 0 Å². The first-order valence-corrected chi connectivity index (χ1v) is 8.09. The van der Waals surface area contributed by atoms with Crippen molar-refractivity contribution in [3.8, 4) is 0 Å². The van der Waals surface area contributed by atoms with Crippen LogP contribution in [-0.4, -0.2) is 27.7 Å². The van der Waals surface area contributed by atoms with Gasteiger partial charge < -0.3 is 0 Å². The van der Waals surface area contributed by atoms with Crippen molar-refractivity contribution < 1.29 is 9.59 Å². The van der Waals surface area contributed by atoms with Crippen LogP contribution < -0.4 is 0 Å². The number of rotatable bonds is 4. The van der Waals surface area contributed by atoms with E-state index >= 15 is 0 Å². The van der Waals surface area contributed by atoms with Gasteiger partial charge in [0.25, 0.3) is 0 Å². The van der Waals surface area contributed by atoms with E-state index in [2.05, 4.69) is 22.6 Å². The zero-order valence-electron chi connectivity index (χ0n) is 10.2. The molecule has 1 saturated heterocycles. The Hall–Kier alpha value is -0.130. The lowest BCUT2D eigenvalue weighted by Gasteiger charge is -2.37. The first kappa shape index (κ1) is 13.3. The van der Waals surface area contributed by atoms with Gasteiger partial charge in [-0.15, -0.1) is 0 Å². The van der Waals surface area contributed by atoms with E-state index in [0.29, 0.717) is 19.4 Å². The van der Waals surface area contributed by atoms with Crippen LogP contribution in [0, 0.1) is 5.41 Å². The van der Waals surface area contributed by atoms with Gasteiger partial charge in [0.2, 0.25) is 11.8 Å². The summed E-state index contributed by atoms with van der Waals surface area (Å²) in [5, 5.41) is 0. The molecule has 96 valence electrons. The molecule has 0 aromatic rings. The third kappa shape index (κ3) is 3.01. The molecule has 1 saturated carbocycles. The minimum Gasteiger partial charge on any atom is -0.283 e. The molecule has 2 amide bonds. The number of halogens is 1. The monoisotopic (exact) mass is 349 g/mol. The average molecular weight is 349 g/mol. The van der Waals surface area contributed by atoms with Gasteiger partial charge in [-0.25, -0.2) is 0 Å². The van der Waals surface area contributed by atoms with Crippen molar-refractivity contribution in [3.63, 3.8) is 0 Å². The molecule has 0 atom stereocenters. The highest BCUT2D eigenvalue weighted by molar-refractivity contribution is 14.1. The van der Waals surface area contributed by atoms with Crippen LogP contribution >= 0.6 is 22.6 Å². The van der Waals surface area contributed by atoms with Gasteiger partial charge in [0.1, 0.15) is 0 Å². The molecule has 0 N–H and O–H groups in total. The van der Waals surface area contributed by atoms with Crippen LogP contribution in [0.25, 0.3) is 0 Å². The van der Waals surface area contributed by atoms with Crippen molar-refractivity contribution in [1.29, 1.82) is 0 Å². The van der Waals surface area contributed by atoms with E-state index in [1.54, 1.807) is 0 Å². The molecule has 0 aromatic heterocycles. The van der Waals surface area contributed by atoms with E-state index in [-0.39, 0.29) is 17.2 Å². The Kier molecular flexibility index (Phi) is 4.44. The Bertz CT molecular complexity index is 291. The Morgan fingerprint density at radius 2 is 1.65 bits per heavy atom. The van der Waals surface area contributed by atoms with Crippen molar-refractivity contribution in [2.45, 2.75) is 51.4 Å². The van der Waals surface area contributed by atoms with Crippen LogP contribution in [0.3, 0.4) is 0 Å². The van der Waals surface area contributed by atoms with E-state index in [9.17, 15) is 9.59 Å². The summed E-state index contributed by atoms with van der Waals surface area (Å²) in [7, 11) is 0. The lowest BCUT2D eigenvalue weighted by molar-refractivity contribution is -0.153. The number of piperidine rings is 1. The molecule has 2 fully saturated rings. The fourth-order valence-corrected chi connectivity index (χ4v) is 3.67. The van der Waals surface area contributed by atoms with Crippen LogP contribution in [0.4, 0.5) is 0 Å². The summed E-state index contributed by atoms with van der Waals surface area (Å²) in [6.07, 6.45) is 7.80. The van der Waals surface area contributed by atoms with Gasteiger partial charge >= 0.3 is 0 Å². The van der Waals surface area contributed by atoms with Gasteiger partial charge in [-0.05, 0) is 35.5 Å². The first-order valence-electron chi connectivity index (χ1n) is 6.56. The van der Waals surface area contributed by atoms with Gasteiger partial charge in [0.15, 0.2) is 0 Å². The number of alkyl halides is 1. The highest BCUT2D eigenvalue weighted by atomic mass is 127. The highest BCUT2D eigenvalue weighted by Gasteiger charge is 2.44. The molecular formula is C13H20INO2. The van der Waals surface area contributed by atoms with Crippen molar-refractivity contribution in [3.05, 3.63) is 0 Å². The predicted molar refractivity (Wildman–Crippen MR) is 75.0 cm³/mol. The standard InChI is InChI=1S/C13H20INO2/c14-7-3-4-8-15-11(16)9-13(10-12(15)17)5-1-2-6-13/h1-10H2. The number of nitrogens with zero attached hydrogens (tertiary/aromatic N) is 1. The molecule has 0 radical (unpaired) electrons. The summed E-state index contributed by atoms with van der Waals surface area (Å²) in [5.41, 5.74) is 0.0495. The molecule has 3 nitrogen and oxygen atoms in total. The van der Waals surface area contributed by atoms with Gasteiger partial charge in [-0.3, -0.25) is 14.5 Å². The third-order valence-electron chi connectivity index (χ3n) is 4.08. The summed E-state index contributed by atoms with van der Waals surface area (Å²) in [4.78, 5) is 25.6. The van der Waals surface area contributed by atoms with E-state index in [0.717, 1.165) is 30.1 Å². The summed E-state index contributed by atoms with van der Waals surface area (Å²) in [6, 6.07) is 0. The van der Waals surface area contributed by atoms with Crippen LogP contribution in [0.2, 0.25) is 0 Å². The van der Waals surface area contributed by atoms with Gasteiger partial charge in [-0.1, -0.05) is 35.4 Å². The quantitative estimate of drug-likeness (QED) is 0.339. The summed E-state index contributed by atoms with van der Waals surface area (Å²) >= 11 is 2.33. The number of hydrogen-bond donors (Lipinski definition) is 0. The summed E-state index contributed by atoms with van der Waals surface area (Å²) in [5.74, 6) is 0.160. The normalized spacial score (nSPS) is 23.7. The van der Waals surface area contributed by atoms with Gasteiger partial charge in [-0.2, -0.15) is 0 Å². The molecule has 2 aliphatic rings. The number of likely N-dealkylation sites (tertiary alicyclic amines) is 1. The van der Waals surface area contributed by atoms with Crippen LogP contribution in [0.5, 0.6) is 0 Å². The second-order valence-electron chi connectivity index (χ2n) is 5.40. The molecule has 1 heterocycles. The second-order valence-corrected chi connectivity index (χ2v) is 6.47. The smallest absolute Gasteiger partial charge is 0.229 e. The SMILES string of the molecule is O=C1CC2(CCCC2)CC(=O)N1CCCCI. The second kappa shape index (κ2) is 5.67. The van der Waals surface area contributed by atoms with Crippen LogP contribution in [0.15, 0.2) is 0 Å². The molecule has 1 aliphatic heterocycles. The molecule has 2 rings (SSSR count). The summed E-state index contributed by atoms with van der Waals surface area (Å²) in [6.45, 7) is 0.636. The Morgan fingerprint density at radius 3 is 2.18 bits per heavy atom. The zero-order valence-corrected chi connectivity index (χ0v) is 12.4. The third-order valence-corrected chi connectivity index (χ3v) is 4.85. The molecule has 1 aliphatic carbocycles. The number of imide groups is 1. The molecule has 4 heteroatoms. The fraction of sp³-hybridized carbons (Fsp3) is 0.846. The molecule has 0 aromatic carbocycles. The maximum absolute atomic E-state index is 12.1. The largest absolute Gasteiger partial charge is 0.283 e. The Labute approximate surface area is 116 Å². The van der Waals surface area contributed by atoms with E-state index in [1.165, 1.54) is 17.7 Å². The van der Waals surface area contributed by atoms with E-state index < -0.39 is 0 Å². The van der Waals surface area contributed by atoms with Crippen molar-refractivity contribution >= 4 is 34.4 Å². The number of hydrogen-bond acceptors (Lipinski definition) is 2. The van der Waals surface area contributed by atoms with E-state index in [4.69, 9.17) is 0 Å². The van der Waals surface area contributed by atoms with Gasteiger partial charge in [0.05, 0.1) is 0 Å². The minimum atomic E-state index is 0.0495. The average Bonchev–Trinajstić information content (AvgIpc) is 2.70. The zero-order chi connectivity index (χ0) is 12.3. The molecular weight excluding hydrogens is 329 g/mol. The summed E-state index contributed by atoms with van der Waals surface area (Å²) < 4.78 is 1.10. The topological polar surface area (TPSA) is 37.4 Å². The van der Waals surface area contributed by atoms with Gasteiger partial charge in [0, 0.05) is 19.4 Å². The maximum atomic E-state index is 12.1. The van der Waals surface area contributed by atoms with Crippen molar-refractivity contribution in [2.24, 2.45) is 5.41 Å². The maximum Gasteiger partial charge on any atom is 0.229 e. The van der Waals surface area contributed by atoms with Crippen LogP contribution in [0.1, 0.15) is 51.4 Å².